The molecule has 0 spiro atoms. The molecule has 0 radical (unpaired) electrons. The Morgan fingerprint density at radius 3 is 2.43 bits per heavy atom. The van der Waals surface area contributed by atoms with E-state index in [-0.39, 0.29) is 22.8 Å². The molecule has 258 valence electrons. The highest BCUT2D eigenvalue weighted by molar-refractivity contribution is 7.53. The number of ether oxygens (including phenoxy) is 5. The van der Waals surface area contributed by atoms with Crippen LogP contribution in [0.15, 0.2) is 36.5 Å². The maximum absolute atomic E-state index is 13.4. The first-order valence-electron chi connectivity index (χ1n) is 14.3. The lowest BCUT2D eigenvalue weighted by atomic mass is 10.1. The zero-order valence-corrected chi connectivity index (χ0v) is 27.4. The minimum Gasteiger partial charge on any atom is -0.438 e. The monoisotopic (exact) mass is 704 g/mol. The smallest absolute Gasteiger partial charge is 0.438 e. The Labute approximate surface area is 273 Å². The van der Waals surface area contributed by atoms with Gasteiger partial charge in [0, 0.05) is 19.2 Å². The summed E-state index contributed by atoms with van der Waals surface area (Å²) in [5.74, 6) is -0.711. The molecule has 3 heterocycles. The molecule has 1 aliphatic rings. The second kappa shape index (κ2) is 16.1. The summed E-state index contributed by atoms with van der Waals surface area (Å²) in [6, 6.07) is 7.35. The Bertz CT molecular complexity index is 1580. The Hall–Kier alpha value is -3.41. The number of aliphatic hydroxyl groups excluding tert-OH is 2. The van der Waals surface area contributed by atoms with Gasteiger partial charge in [0.1, 0.15) is 41.9 Å². The molecule has 0 bridgehead atoms. The van der Waals surface area contributed by atoms with Gasteiger partial charge in [-0.3, -0.25) is 18.4 Å². The van der Waals surface area contributed by atoms with Crippen LogP contribution in [0.1, 0.15) is 45.5 Å². The van der Waals surface area contributed by atoms with Crippen LogP contribution < -0.4 is 5.32 Å². The van der Waals surface area contributed by atoms with Crippen LogP contribution >= 0.6 is 19.2 Å². The quantitative estimate of drug-likeness (QED) is 0.0877. The molecule has 6 atom stereocenters. The molecule has 2 aromatic heterocycles. The average molecular weight is 705 g/mol. The molecule has 1 fully saturated rings. The predicted octanol–water partition coefficient (Wildman–Crippen LogP) is 4.26. The van der Waals surface area contributed by atoms with E-state index in [2.05, 4.69) is 20.0 Å². The Balaban J connectivity index is 1.41. The first kappa shape index (κ1) is 36.4. The van der Waals surface area contributed by atoms with Crippen LogP contribution in [-0.2, 0) is 42.1 Å². The molecule has 0 saturated carbocycles. The highest BCUT2D eigenvalue weighted by Gasteiger charge is 2.44. The molecule has 3 N–H and O–H groups in total. The van der Waals surface area contributed by atoms with Crippen molar-refractivity contribution in [3.05, 3.63) is 53.2 Å². The van der Waals surface area contributed by atoms with E-state index in [4.69, 9.17) is 39.6 Å². The number of benzene rings is 1. The van der Waals surface area contributed by atoms with Crippen LogP contribution in [0.3, 0.4) is 0 Å². The third-order valence-corrected chi connectivity index (χ3v) is 8.35. The average Bonchev–Trinajstić information content (AvgIpc) is 3.53. The minimum absolute atomic E-state index is 0.106. The van der Waals surface area contributed by atoms with Crippen LogP contribution in [0.4, 0.5) is 15.0 Å². The third-order valence-electron chi connectivity index (χ3n) is 6.68. The number of halogens is 2. The van der Waals surface area contributed by atoms with Gasteiger partial charge in [0.25, 0.3) is 0 Å². The van der Waals surface area contributed by atoms with Gasteiger partial charge in [0.2, 0.25) is 18.9 Å². The van der Waals surface area contributed by atoms with Gasteiger partial charge >= 0.3 is 19.7 Å². The molecule has 1 unspecified atom stereocenters. The number of carbonyl (C=O) groups is 2. The number of fused-ring (bicyclic) bond motifs is 1. The lowest BCUT2D eigenvalue weighted by Gasteiger charge is -2.20. The normalized spacial score (nSPS) is 21.4. The molecular weight excluding hydrogens is 670 g/mol. The summed E-state index contributed by atoms with van der Waals surface area (Å²) in [5.41, 5.74) is 1.08. The summed E-state index contributed by atoms with van der Waals surface area (Å²) in [4.78, 5) is 31.3. The Morgan fingerprint density at radius 2 is 1.77 bits per heavy atom. The molecule has 0 aliphatic carbocycles. The number of rotatable bonds is 15. The molecule has 4 rings (SSSR count). The van der Waals surface area contributed by atoms with Crippen molar-refractivity contribution in [3.63, 3.8) is 0 Å². The number of nitrogens with one attached hydrogen (secondary N) is 1. The van der Waals surface area contributed by atoms with Gasteiger partial charge in [-0.15, -0.1) is 0 Å². The number of anilines is 1. The standard InChI is InChI=1S/C28H35ClFN4O12P/c1-15(2)45-28(38)42-13-44-47(39,43-12-41-17(4)35)14-40-11-21-22(36)23(37)26(46-21)34-10-9-20-24(32-27(29)33-25(20)34)31-16(3)18-5-7-19(30)8-6-18/h5-10,15-16,21-23,26,36-37H,11-14H2,1-4H3,(H,31,32,33)/t16-,21+,22+,23+,26+,47?/m0/s1. The van der Waals surface area contributed by atoms with E-state index < -0.39 is 76.9 Å². The van der Waals surface area contributed by atoms with E-state index in [9.17, 15) is 28.8 Å². The highest BCUT2D eigenvalue weighted by atomic mass is 35.5. The summed E-state index contributed by atoms with van der Waals surface area (Å²) < 4.78 is 63.7. The van der Waals surface area contributed by atoms with Crippen LogP contribution in [0.2, 0.25) is 5.28 Å². The molecule has 19 heteroatoms. The number of carbonyl (C=O) groups excluding carboxylic acids is 2. The van der Waals surface area contributed by atoms with Gasteiger partial charge in [-0.25, -0.2) is 14.2 Å². The lowest BCUT2D eigenvalue weighted by molar-refractivity contribution is -0.148. The molecule has 0 amide bonds. The largest absolute Gasteiger partial charge is 0.510 e. The summed E-state index contributed by atoms with van der Waals surface area (Å²) in [5, 5.41) is 25.3. The number of aliphatic hydroxyl groups is 2. The zero-order valence-electron chi connectivity index (χ0n) is 25.8. The van der Waals surface area contributed by atoms with Crippen molar-refractivity contribution in [2.24, 2.45) is 0 Å². The van der Waals surface area contributed by atoms with E-state index in [0.717, 1.165) is 12.5 Å². The molecule has 16 nitrogen and oxygen atoms in total. The number of hydrogen-bond donors (Lipinski definition) is 3. The van der Waals surface area contributed by atoms with E-state index in [1.165, 1.54) is 16.7 Å². The van der Waals surface area contributed by atoms with Gasteiger partial charge in [0.05, 0.1) is 18.1 Å². The van der Waals surface area contributed by atoms with Crippen LogP contribution in [0.5, 0.6) is 0 Å². The molecule has 47 heavy (non-hydrogen) atoms. The van der Waals surface area contributed by atoms with Crippen molar-refractivity contribution in [2.45, 2.75) is 64.4 Å². The SMILES string of the molecule is CC(=O)OCOP(=O)(COC[C@H]1O[C@@H](n2ccc3c(N[C@@H](C)c4ccc(F)cc4)nc(Cl)nc32)[C@H](O)[C@@H]1O)OCOC(=O)OC(C)C. The van der Waals surface area contributed by atoms with E-state index in [1.54, 1.807) is 38.2 Å². The fourth-order valence-corrected chi connectivity index (χ4v) is 5.57. The summed E-state index contributed by atoms with van der Waals surface area (Å²) >= 11 is 6.23. The molecule has 1 saturated heterocycles. The summed E-state index contributed by atoms with van der Waals surface area (Å²) in [6.45, 7) is 4.18. The Morgan fingerprint density at radius 1 is 1.09 bits per heavy atom. The van der Waals surface area contributed by atoms with E-state index in [0.29, 0.717) is 11.2 Å². The number of nitrogens with zero attached hydrogens (tertiary/aromatic N) is 3. The summed E-state index contributed by atoms with van der Waals surface area (Å²) in [6.07, 6.45) is -5.90. The topological polar surface area (TPSA) is 199 Å². The number of hydrogen-bond acceptors (Lipinski definition) is 15. The summed E-state index contributed by atoms with van der Waals surface area (Å²) in [7, 11) is -4.20. The van der Waals surface area contributed by atoms with Crippen molar-refractivity contribution < 1.29 is 61.5 Å². The Kier molecular flexibility index (Phi) is 12.5. The second-order valence-electron chi connectivity index (χ2n) is 10.6. The van der Waals surface area contributed by atoms with Gasteiger partial charge < -0.3 is 43.8 Å². The van der Waals surface area contributed by atoms with E-state index >= 15 is 0 Å². The zero-order chi connectivity index (χ0) is 34.3. The maximum atomic E-state index is 13.4. The maximum Gasteiger partial charge on any atom is 0.510 e. The van der Waals surface area contributed by atoms with Crippen LogP contribution in [-0.4, -0.2) is 87.8 Å². The van der Waals surface area contributed by atoms with Crippen LogP contribution in [0.25, 0.3) is 11.0 Å². The van der Waals surface area contributed by atoms with Gasteiger partial charge in [-0.2, -0.15) is 4.98 Å². The number of esters is 1. The van der Waals surface area contributed by atoms with Crippen molar-refractivity contribution in [1.29, 1.82) is 0 Å². The molecule has 3 aromatic rings. The lowest BCUT2D eigenvalue weighted by Crippen LogP contribution is -2.34. The predicted molar refractivity (Wildman–Crippen MR) is 162 cm³/mol. The van der Waals surface area contributed by atoms with Gasteiger partial charge in [-0.05, 0) is 56.1 Å². The van der Waals surface area contributed by atoms with Gasteiger partial charge in [0.15, 0.2) is 6.23 Å². The van der Waals surface area contributed by atoms with E-state index in [1.807, 2.05) is 6.92 Å². The van der Waals surface area contributed by atoms with Crippen molar-refractivity contribution >= 4 is 48.2 Å². The first-order valence-corrected chi connectivity index (χ1v) is 16.4. The highest BCUT2D eigenvalue weighted by Crippen LogP contribution is 2.48. The van der Waals surface area contributed by atoms with Crippen molar-refractivity contribution in [2.75, 3.05) is 31.9 Å². The first-order chi connectivity index (χ1) is 22.3. The molecule has 1 aromatic carbocycles. The fraction of sp³-hybridized carbons (Fsp3) is 0.500. The minimum atomic E-state index is -4.20. The molecule has 1 aliphatic heterocycles. The van der Waals surface area contributed by atoms with Crippen LogP contribution in [0, 0.1) is 5.82 Å². The molecular formula is C28H35ClFN4O12P. The van der Waals surface area contributed by atoms with Crippen molar-refractivity contribution in [1.82, 2.24) is 14.5 Å². The van der Waals surface area contributed by atoms with Gasteiger partial charge in [-0.1, -0.05) is 12.1 Å². The fourth-order valence-electron chi connectivity index (χ4n) is 4.42. The van der Waals surface area contributed by atoms with Crippen molar-refractivity contribution in [3.8, 4) is 0 Å². The number of aromatic nitrogens is 3. The third kappa shape index (κ3) is 9.81. The second-order valence-corrected chi connectivity index (χ2v) is 12.9.